The molecule has 2 fully saturated rings. The highest BCUT2D eigenvalue weighted by Gasteiger charge is 2.27. The summed E-state index contributed by atoms with van der Waals surface area (Å²) in [6.45, 7) is 12.2. The highest BCUT2D eigenvalue weighted by Crippen LogP contribution is 2.42. The maximum Gasteiger partial charge on any atom is 0.121 e. The van der Waals surface area contributed by atoms with E-state index in [1.807, 2.05) is 73.3 Å². The topological polar surface area (TPSA) is 131 Å². The lowest BCUT2D eigenvalue weighted by atomic mass is 9.96. The SMILES string of the molecule is c1ccc(-c2nn3c(c2-c2ccnc4cc(OCCN5CCOCC5)ccc24)CCC3)nc1.c1ccc(-c2nn3c(c2-c2ccnc4cc(OCCN5CCOCC5)ccc24)CCC3)nc1. The van der Waals surface area contributed by atoms with Crippen LogP contribution in [0.3, 0.4) is 0 Å². The average molecular weight is 883 g/mol. The third-order valence-electron chi connectivity index (χ3n) is 13.0. The van der Waals surface area contributed by atoms with Gasteiger partial charge in [0.15, 0.2) is 0 Å². The summed E-state index contributed by atoms with van der Waals surface area (Å²) in [6.07, 6.45) is 11.7. The van der Waals surface area contributed by atoms with Gasteiger partial charge in [-0.05, 0) is 97.5 Å². The fourth-order valence-electron chi connectivity index (χ4n) is 9.70. The Labute approximate surface area is 384 Å². The predicted octanol–water partition coefficient (Wildman–Crippen LogP) is 7.64. The van der Waals surface area contributed by atoms with Gasteiger partial charge in [-0.3, -0.25) is 39.1 Å². The van der Waals surface area contributed by atoms with Crippen LogP contribution in [0.4, 0.5) is 0 Å². The molecule has 2 saturated heterocycles. The zero-order valence-electron chi connectivity index (χ0n) is 37.2. The van der Waals surface area contributed by atoms with Gasteiger partial charge >= 0.3 is 0 Å². The van der Waals surface area contributed by atoms with Crippen LogP contribution in [-0.2, 0) is 35.4 Å². The maximum absolute atomic E-state index is 6.07. The number of pyridine rings is 4. The van der Waals surface area contributed by atoms with Crippen LogP contribution in [0.15, 0.2) is 110 Å². The molecule has 14 nitrogen and oxygen atoms in total. The van der Waals surface area contributed by atoms with Gasteiger partial charge in [-0.25, -0.2) is 0 Å². The minimum Gasteiger partial charge on any atom is -0.492 e. The highest BCUT2D eigenvalue weighted by molar-refractivity contribution is 6.00. The molecule has 4 aliphatic rings. The molecular weight excluding hydrogens is 829 g/mol. The highest BCUT2D eigenvalue weighted by atomic mass is 16.5. The molecule has 14 heteroatoms. The molecule has 0 atom stereocenters. The summed E-state index contributed by atoms with van der Waals surface area (Å²) in [5.41, 5.74) is 12.8. The summed E-state index contributed by atoms with van der Waals surface area (Å²) in [4.78, 5) is 23.2. The van der Waals surface area contributed by atoms with E-state index in [4.69, 9.17) is 29.1 Å². The molecule has 10 heterocycles. The third kappa shape index (κ3) is 8.89. The summed E-state index contributed by atoms with van der Waals surface area (Å²) >= 11 is 0. The zero-order valence-corrected chi connectivity index (χ0v) is 37.2. The number of benzene rings is 2. The molecule has 0 saturated carbocycles. The van der Waals surface area contributed by atoms with Gasteiger partial charge in [0.25, 0.3) is 0 Å². The van der Waals surface area contributed by atoms with Crippen LogP contribution in [-0.4, -0.2) is 128 Å². The smallest absolute Gasteiger partial charge is 0.121 e. The van der Waals surface area contributed by atoms with Crippen molar-refractivity contribution in [3.8, 4) is 56.5 Å². The second-order valence-electron chi connectivity index (χ2n) is 17.1. The van der Waals surface area contributed by atoms with Gasteiger partial charge in [-0.1, -0.05) is 12.1 Å². The van der Waals surface area contributed by atoms with E-state index >= 15 is 0 Å². The number of ether oxygens (including phenoxy) is 4. The zero-order chi connectivity index (χ0) is 44.1. The minimum absolute atomic E-state index is 0.659. The van der Waals surface area contributed by atoms with Crippen molar-refractivity contribution >= 4 is 21.8 Å². The molecular formula is C52H54N10O4. The second kappa shape index (κ2) is 19.5. The lowest BCUT2D eigenvalue weighted by molar-refractivity contribution is 0.0322. The first-order valence-corrected chi connectivity index (χ1v) is 23.4. The van der Waals surface area contributed by atoms with Crippen LogP contribution in [0, 0.1) is 0 Å². The summed E-state index contributed by atoms with van der Waals surface area (Å²) in [6, 6.07) is 28.6. The van der Waals surface area contributed by atoms with Gasteiger partial charge in [0, 0.05) is 123 Å². The van der Waals surface area contributed by atoms with Crippen molar-refractivity contribution in [2.75, 3.05) is 78.9 Å². The monoisotopic (exact) mass is 882 g/mol. The number of fused-ring (bicyclic) bond motifs is 4. The largest absolute Gasteiger partial charge is 0.492 e. The first-order valence-electron chi connectivity index (χ1n) is 23.4. The molecule has 0 aliphatic carbocycles. The van der Waals surface area contributed by atoms with Crippen molar-refractivity contribution < 1.29 is 18.9 Å². The molecule has 4 aliphatic heterocycles. The van der Waals surface area contributed by atoms with Gasteiger partial charge in [0.05, 0.1) is 48.8 Å². The molecule has 6 aromatic heterocycles. The van der Waals surface area contributed by atoms with Crippen molar-refractivity contribution in [2.45, 2.75) is 38.8 Å². The van der Waals surface area contributed by atoms with E-state index in [0.717, 1.165) is 172 Å². The van der Waals surface area contributed by atoms with E-state index in [9.17, 15) is 0 Å². The first kappa shape index (κ1) is 42.1. The number of hydrogen-bond acceptors (Lipinski definition) is 12. The van der Waals surface area contributed by atoms with Crippen molar-refractivity contribution in [2.24, 2.45) is 0 Å². The van der Waals surface area contributed by atoms with Gasteiger partial charge in [0.2, 0.25) is 0 Å². The Bertz CT molecular complexity index is 2730. The molecule has 12 rings (SSSR count). The van der Waals surface area contributed by atoms with E-state index in [0.29, 0.717) is 13.2 Å². The molecule has 8 aromatic rings. The van der Waals surface area contributed by atoms with Crippen molar-refractivity contribution in [1.29, 1.82) is 0 Å². The van der Waals surface area contributed by atoms with Crippen molar-refractivity contribution in [3.05, 3.63) is 121 Å². The number of hydrogen-bond donors (Lipinski definition) is 0. The lowest BCUT2D eigenvalue weighted by Gasteiger charge is -2.26. The standard InChI is InChI=1S/2C26H27N5O2/c2*1-2-9-27-22(4-1)26-25(24-5-3-11-31(24)29-26)21-8-10-28-23-18-19(6-7-20(21)23)33-17-14-30-12-15-32-16-13-30/h2*1-2,4,6-10,18H,3,5,11-17H2. The predicted molar refractivity (Wildman–Crippen MR) is 255 cm³/mol. The van der Waals surface area contributed by atoms with E-state index in [2.05, 4.69) is 75.5 Å². The third-order valence-corrected chi connectivity index (χ3v) is 13.0. The molecule has 0 N–H and O–H groups in total. The van der Waals surface area contributed by atoms with E-state index in [-0.39, 0.29) is 0 Å². The molecule has 0 radical (unpaired) electrons. The van der Waals surface area contributed by atoms with Gasteiger partial charge in [0.1, 0.15) is 36.1 Å². The fraction of sp³-hybridized carbons (Fsp3) is 0.346. The Morgan fingerprint density at radius 2 is 0.955 bits per heavy atom. The number of rotatable bonds is 12. The van der Waals surface area contributed by atoms with Crippen LogP contribution in [0.1, 0.15) is 24.2 Å². The minimum atomic E-state index is 0.659. The van der Waals surface area contributed by atoms with Gasteiger partial charge < -0.3 is 18.9 Å². The second-order valence-corrected chi connectivity index (χ2v) is 17.1. The molecule has 2 aromatic carbocycles. The van der Waals surface area contributed by atoms with Crippen molar-refractivity contribution in [3.63, 3.8) is 0 Å². The van der Waals surface area contributed by atoms with E-state index in [1.54, 1.807) is 0 Å². The van der Waals surface area contributed by atoms with E-state index < -0.39 is 0 Å². The van der Waals surface area contributed by atoms with Gasteiger partial charge in [-0.15, -0.1) is 0 Å². The molecule has 0 bridgehead atoms. The Morgan fingerprint density at radius 3 is 1.39 bits per heavy atom. The summed E-state index contributed by atoms with van der Waals surface area (Å²) < 4.78 is 27.3. The Morgan fingerprint density at radius 1 is 0.485 bits per heavy atom. The average Bonchev–Trinajstić information content (AvgIpc) is 4.18. The Balaban J connectivity index is 0.000000146. The summed E-state index contributed by atoms with van der Waals surface area (Å²) in [5.74, 6) is 1.70. The Hall–Kier alpha value is -6.58. The van der Waals surface area contributed by atoms with Crippen LogP contribution < -0.4 is 9.47 Å². The number of nitrogens with zero attached hydrogens (tertiary/aromatic N) is 10. The number of morpholine rings is 2. The number of aromatic nitrogens is 8. The quantitative estimate of drug-likeness (QED) is 0.120. The van der Waals surface area contributed by atoms with E-state index in [1.165, 1.54) is 22.5 Å². The maximum atomic E-state index is 6.07. The molecule has 0 amide bonds. The van der Waals surface area contributed by atoms with Crippen LogP contribution in [0.2, 0.25) is 0 Å². The summed E-state index contributed by atoms with van der Waals surface area (Å²) in [7, 11) is 0. The van der Waals surface area contributed by atoms with Crippen LogP contribution in [0.5, 0.6) is 11.5 Å². The Kier molecular flexibility index (Phi) is 12.4. The van der Waals surface area contributed by atoms with Crippen LogP contribution in [0.25, 0.3) is 66.8 Å². The number of aryl methyl sites for hydroxylation is 2. The summed E-state index contributed by atoms with van der Waals surface area (Å²) in [5, 5.41) is 12.1. The molecule has 0 unspecified atom stereocenters. The first-order chi connectivity index (χ1) is 32.7. The van der Waals surface area contributed by atoms with Crippen LogP contribution >= 0.6 is 0 Å². The van der Waals surface area contributed by atoms with Gasteiger partial charge in [-0.2, -0.15) is 10.2 Å². The van der Waals surface area contributed by atoms with Crippen molar-refractivity contribution in [1.82, 2.24) is 49.3 Å². The fourth-order valence-corrected chi connectivity index (χ4v) is 9.70. The molecule has 0 spiro atoms. The molecule has 336 valence electrons. The lowest BCUT2D eigenvalue weighted by Crippen LogP contribution is -2.38. The normalized spacial score (nSPS) is 16.2. The molecule has 66 heavy (non-hydrogen) atoms.